The van der Waals surface area contributed by atoms with E-state index in [9.17, 15) is 14.7 Å². The minimum Gasteiger partial charge on any atom is -0.361 e. The van der Waals surface area contributed by atoms with Crippen molar-refractivity contribution in [2.24, 2.45) is 5.92 Å². The molecule has 1 heterocycles. The summed E-state index contributed by atoms with van der Waals surface area (Å²) in [5.74, 6) is -0.707. The molecule has 4 N–H and O–H groups in total. The third kappa shape index (κ3) is 3.72. The predicted molar refractivity (Wildman–Crippen MR) is 104 cm³/mol. The first-order chi connectivity index (χ1) is 12.8. The number of carbonyl (C=O) groups is 2. The van der Waals surface area contributed by atoms with E-state index in [2.05, 4.69) is 16.0 Å². The smallest absolute Gasteiger partial charge is 0.251 e. The summed E-state index contributed by atoms with van der Waals surface area (Å²) in [5.41, 5.74) is 2.43. The Balaban J connectivity index is 1.83. The fourth-order valence-corrected chi connectivity index (χ4v) is 3.34. The summed E-state index contributed by atoms with van der Waals surface area (Å²) in [6, 6.07) is 15.4. The second kappa shape index (κ2) is 7.50. The lowest BCUT2D eigenvalue weighted by Crippen LogP contribution is -2.59. The molecule has 142 valence electrons. The fraction of sp³-hybridized carbons (Fsp3) is 0.333. The number of nitrogens with one attached hydrogen (secondary N) is 3. The molecule has 0 radical (unpaired) electrons. The monoisotopic (exact) mass is 367 g/mol. The molecule has 2 aromatic rings. The summed E-state index contributed by atoms with van der Waals surface area (Å²) in [5, 5.41) is 17.9. The zero-order chi connectivity index (χ0) is 19.6. The van der Waals surface area contributed by atoms with Crippen molar-refractivity contribution in [3.05, 3.63) is 59.7 Å². The number of benzene rings is 2. The lowest BCUT2D eigenvalue weighted by Gasteiger charge is -2.31. The Hall–Kier alpha value is -2.70. The van der Waals surface area contributed by atoms with E-state index < -0.39 is 11.9 Å². The van der Waals surface area contributed by atoms with Gasteiger partial charge in [-0.1, -0.05) is 61.9 Å². The maximum absolute atomic E-state index is 12.9. The van der Waals surface area contributed by atoms with Crippen LogP contribution in [0.3, 0.4) is 0 Å². The highest BCUT2D eigenvalue weighted by Gasteiger charge is 2.48. The second-order valence-electron chi connectivity index (χ2n) is 7.24. The van der Waals surface area contributed by atoms with Crippen molar-refractivity contribution in [2.45, 2.75) is 32.7 Å². The predicted octanol–water partition coefficient (Wildman–Crippen LogP) is 1.78. The first-order valence-corrected chi connectivity index (χ1v) is 9.04. The normalized spacial score (nSPS) is 22.0. The molecule has 0 aliphatic carbocycles. The van der Waals surface area contributed by atoms with Crippen LogP contribution in [0, 0.1) is 12.8 Å². The number of aryl methyl sites for hydroxylation is 1. The van der Waals surface area contributed by atoms with E-state index in [1.54, 1.807) is 6.07 Å². The number of hydrogen-bond acceptors (Lipinski definition) is 4. The average molecular weight is 367 g/mol. The van der Waals surface area contributed by atoms with Crippen LogP contribution < -0.4 is 16.0 Å². The molecule has 6 nitrogen and oxygen atoms in total. The van der Waals surface area contributed by atoms with Gasteiger partial charge in [0.1, 0.15) is 5.54 Å². The van der Waals surface area contributed by atoms with Crippen LogP contribution >= 0.6 is 0 Å². The minimum atomic E-state index is -1.11. The Kier molecular flexibility index (Phi) is 5.30. The molecule has 2 aromatic carbocycles. The second-order valence-corrected chi connectivity index (χ2v) is 7.24. The van der Waals surface area contributed by atoms with Crippen LogP contribution in [0.1, 0.15) is 29.8 Å². The van der Waals surface area contributed by atoms with E-state index in [4.69, 9.17) is 0 Å². The van der Waals surface area contributed by atoms with Gasteiger partial charge in [0.05, 0.1) is 0 Å². The van der Waals surface area contributed by atoms with E-state index in [0.717, 1.165) is 16.7 Å². The van der Waals surface area contributed by atoms with Crippen LogP contribution in [0.4, 0.5) is 0 Å². The van der Waals surface area contributed by atoms with Crippen molar-refractivity contribution >= 4 is 11.8 Å². The molecule has 1 saturated heterocycles. The molecule has 1 fully saturated rings. The number of hydrogen-bond donors (Lipinski definition) is 4. The third-order valence-electron chi connectivity index (χ3n) is 5.11. The van der Waals surface area contributed by atoms with Crippen molar-refractivity contribution < 1.29 is 14.7 Å². The van der Waals surface area contributed by atoms with Crippen LogP contribution in [0.2, 0.25) is 0 Å². The van der Waals surface area contributed by atoms with Gasteiger partial charge in [0, 0.05) is 12.1 Å². The van der Waals surface area contributed by atoms with Gasteiger partial charge in [-0.2, -0.15) is 0 Å². The highest BCUT2D eigenvalue weighted by atomic mass is 16.3. The molecule has 0 bridgehead atoms. The van der Waals surface area contributed by atoms with Crippen LogP contribution in [-0.2, 0) is 4.79 Å². The Morgan fingerprint density at radius 2 is 1.85 bits per heavy atom. The Labute approximate surface area is 159 Å². The minimum absolute atomic E-state index is 0.0780. The summed E-state index contributed by atoms with van der Waals surface area (Å²) in [4.78, 5) is 25.2. The Morgan fingerprint density at radius 3 is 2.44 bits per heavy atom. The van der Waals surface area contributed by atoms with Gasteiger partial charge in [0.15, 0.2) is 6.35 Å². The van der Waals surface area contributed by atoms with Crippen molar-refractivity contribution in [1.82, 2.24) is 16.0 Å². The SMILES string of the molecule is Cc1ccc(-c2ccccc2C(=O)NCC2(C(C)C)NC(O)NC2=O)cc1. The molecular formula is C21H25N3O3. The van der Waals surface area contributed by atoms with Crippen LogP contribution in [0.25, 0.3) is 11.1 Å². The molecular weight excluding hydrogens is 342 g/mol. The van der Waals surface area contributed by atoms with E-state index >= 15 is 0 Å². The lowest BCUT2D eigenvalue weighted by molar-refractivity contribution is -0.125. The molecule has 6 heteroatoms. The number of amides is 2. The summed E-state index contributed by atoms with van der Waals surface area (Å²) < 4.78 is 0. The van der Waals surface area contributed by atoms with Gasteiger partial charge in [-0.15, -0.1) is 0 Å². The van der Waals surface area contributed by atoms with Crippen LogP contribution in [0.15, 0.2) is 48.5 Å². The van der Waals surface area contributed by atoms with Crippen molar-refractivity contribution in [1.29, 1.82) is 0 Å². The first-order valence-electron chi connectivity index (χ1n) is 9.04. The molecule has 1 aliphatic rings. The highest BCUT2D eigenvalue weighted by molar-refractivity contribution is 6.01. The third-order valence-corrected chi connectivity index (χ3v) is 5.11. The quantitative estimate of drug-likeness (QED) is 0.648. The summed E-state index contributed by atoms with van der Waals surface area (Å²) in [6.45, 7) is 5.84. The number of aliphatic hydroxyl groups is 1. The van der Waals surface area contributed by atoms with Gasteiger partial charge >= 0.3 is 0 Å². The van der Waals surface area contributed by atoms with Crippen molar-refractivity contribution in [3.63, 3.8) is 0 Å². The first kappa shape index (κ1) is 19.1. The molecule has 2 amide bonds. The highest BCUT2D eigenvalue weighted by Crippen LogP contribution is 2.25. The van der Waals surface area contributed by atoms with Gasteiger partial charge in [-0.3, -0.25) is 14.9 Å². The summed E-state index contributed by atoms with van der Waals surface area (Å²) in [7, 11) is 0. The maximum atomic E-state index is 12.9. The molecule has 1 aliphatic heterocycles. The molecule has 0 spiro atoms. The molecule has 2 unspecified atom stereocenters. The molecule has 2 atom stereocenters. The van der Waals surface area contributed by atoms with E-state index in [-0.39, 0.29) is 24.3 Å². The Morgan fingerprint density at radius 1 is 1.19 bits per heavy atom. The standard InChI is InChI=1S/C21H25N3O3/c1-13(2)21(19(26)23-20(27)24-21)12-22-18(25)17-7-5-4-6-16(17)15-10-8-14(3)9-11-15/h4-11,13,20,24,27H,12H2,1-3H3,(H,22,25)(H,23,26). The zero-order valence-electron chi connectivity index (χ0n) is 15.7. The molecule has 0 saturated carbocycles. The Bertz CT molecular complexity index is 848. The maximum Gasteiger partial charge on any atom is 0.251 e. The largest absolute Gasteiger partial charge is 0.361 e. The molecule has 27 heavy (non-hydrogen) atoms. The fourth-order valence-electron chi connectivity index (χ4n) is 3.34. The van der Waals surface area contributed by atoms with Crippen molar-refractivity contribution in [2.75, 3.05) is 6.54 Å². The number of carbonyl (C=O) groups excluding carboxylic acids is 2. The lowest BCUT2D eigenvalue weighted by atomic mass is 9.86. The van der Waals surface area contributed by atoms with Gasteiger partial charge in [-0.25, -0.2) is 0 Å². The zero-order valence-corrected chi connectivity index (χ0v) is 15.7. The number of aliphatic hydroxyl groups excluding tert-OH is 1. The summed E-state index contributed by atoms with van der Waals surface area (Å²) in [6.07, 6.45) is -1.11. The van der Waals surface area contributed by atoms with Gasteiger partial charge in [0.2, 0.25) is 5.91 Å². The summed E-state index contributed by atoms with van der Waals surface area (Å²) >= 11 is 0. The van der Waals surface area contributed by atoms with Crippen molar-refractivity contribution in [3.8, 4) is 11.1 Å². The topological polar surface area (TPSA) is 90.5 Å². The van der Waals surface area contributed by atoms with Crippen LogP contribution in [0.5, 0.6) is 0 Å². The van der Waals surface area contributed by atoms with Gasteiger partial charge < -0.3 is 15.7 Å². The van der Waals surface area contributed by atoms with Gasteiger partial charge in [-0.05, 0) is 30.0 Å². The van der Waals surface area contributed by atoms with Crippen LogP contribution in [-0.4, -0.2) is 35.4 Å². The average Bonchev–Trinajstić information content (AvgIpc) is 2.95. The molecule has 3 rings (SSSR count). The van der Waals surface area contributed by atoms with E-state index in [0.29, 0.717) is 5.56 Å². The molecule has 0 aromatic heterocycles. The van der Waals surface area contributed by atoms with E-state index in [1.165, 1.54) is 0 Å². The van der Waals surface area contributed by atoms with E-state index in [1.807, 2.05) is 63.2 Å². The number of rotatable bonds is 5. The van der Waals surface area contributed by atoms with Gasteiger partial charge in [0.25, 0.3) is 5.91 Å².